The third kappa shape index (κ3) is 3.67. The van der Waals surface area contributed by atoms with Crippen LogP contribution in [0.25, 0.3) is 10.9 Å². The molecule has 0 saturated heterocycles. The Morgan fingerprint density at radius 1 is 1.17 bits per heavy atom. The molecule has 7 heteroatoms. The Labute approximate surface area is 132 Å². The number of halogens is 3. The first-order chi connectivity index (χ1) is 10.8. The van der Waals surface area contributed by atoms with E-state index in [2.05, 4.69) is 15.6 Å². The second-order valence-electron chi connectivity index (χ2n) is 5.45. The molecular formula is C16H20F3N3O. The summed E-state index contributed by atoms with van der Waals surface area (Å²) in [4.78, 5) is 4.35. The number of fused-ring (bicyclic) bond motifs is 1. The summed E-state index contributed by atoms with van der Waals surface area (Å²) < 4.78 is 39.3. The Kier molecular flexibility index (Phi) is 4.99. The van der Waals surface area contributed by atoms with Crippen molar-refractivity contribution in [2.45, 2.75) is 31.5 Å². The molecule has 0 saturated carbocycles. The molecule has 4 nitrogen and oxygen atoms in total. The van der Waals surface area contributed by atoms with E-state index in [0.29, 0.717) is 22.4 Å². The largest absolute Gasteiger partial charge is 0.418 e. The van der Waals surface area contributed by atoms with Gasteiger partial charge in [-0.2, -0.15) is 13.2 Å². The summed E-state index contributed by atoms with van der Waals surface area (Å²) >= 11 is 0. The van der Waals surface area contributed by atoms with Crippen molar-refractivity contribution in [1.82, 2.24) is 4.98 Å². The first-order valence-corrected chi connectivity index (χ1v) is 7.41. The van der Waals surface area contributed by atoms with Gasteiger partial charge < -0.3 is 15.7 Å². The van der Waals surface area contributed by atoms with E-state index < -0.39 is 18.3 Å². The smallest absolute Gasteiger partial charge is 0.381 e. The molecule has 0 aliphatic carbocycles. The van der Waals surface area contributed by atoms with Crippen LogP contribution in [0.5, 0.6) is 0 Å². The minimum absolute atomic E-state index is 0.236. The Morgan fingerprint density at radius 3 is 2.52 bits per heavy atom. The molecule has 23 heavy (non-hydrogen) atoms. The lowest BCUT2D eigenvalue weighted by atomic mass is 9.97. The summed E-state index contributed by atoms with van der Waals surface area (Å²) in [7, 11) is 1.74. The average molecular weight is 327 g/mol. The third-order valence-electron chi connectivity index (χ3n) is 3.75. The molecule has 1 aromatic carbocycles. The maximum Gasteiger partial charge on any atom is 0.418 e. The normalized spacial score (nSPS) is 14.5. The van der Waals surface area contributed by atoms with Gasteiger partial charge >= 0.3 is 6.18 Å². The van der Waals surface area contributed by atoms with E-state index in [1.165, 1.54) is 0 Å². The topological polar surface area (TPSA) is 57.2 Å². The van der Waals surface area contributed by atoms with Crippen LogP contribution < -0.4 is 10.6 Å². The molecule has 0 fully saturated rings. The molecule has 0 amide bonds. The molecule has 126 valence electrons. The number of nitrogens with zero attached hydrogens (tertiary/aromatic N) is 1. The SMILES string of the molecule is CCCC(O)(CNc1cccc2nc(NC)ccc12)C(F)(F)F. The number of hydrogen-bond acceptors (Lipinski definition) is 4. The van der Waals surface area contributed by atoms with Gasteiger partial charge in [0, 0.05) is 18.1 Å². The van der Waals surface area contributed by atoms with Crippen LogP contribution in [0.1, 0.15) is 19.8 Å². The summed E-state index contributed by atoms with van der Waals surface area (Å²) in [6.07, 6.45) is -4.80. The Hall–Kier alpha value is -2.02. The highest BCUT2D eigenvalue weighted by molar-refractivity contribution is 5.92. The van der Waals surface area contributed by atoms with Crippen molar-refractivity contribution in [3.05, 3.63) is 30.3 Å². The first-order valence-electron chi connectivity index (χ1n) is 7.41. The standard InChI is InChI=1S/C16H20F3N3O/c1-3-9-15(23,16(17,18)19)10-21-12-5-4-6-13-11(12)7-8-14(20-2)22-13/h4-8,21,23H,3,9-10H2,1-2H3,(H,20,22). The number of nitrogens with one attached hydrogen (secondary N) is 2. The second kappa shape index (κ2) is 6.62. The van der Waals surface area contributed by atoms with Crippen molar-refractivity contribution in [3.8, 4) is 0 Å². The van der Waals surface area contributed by atoms with Crippen LogP contribution in [-0.4, -0.2) is 35.5 Å². The predicted octanol–water partition coefficient (Wildman–Crippen LogP) is 3.78. The molecule has 0 spiro atoms. The number of aliphatic hydroxyl groups is 1. The van der Waals surface area contributed by atoms with Crippen molar-refractivity contribution in [2.75, 3.05) is 24.2 Å². The molecule has 2 aromatic rings. The molecule has 3 N–H and O–H groups in total. The number of alkyl halides is 3. The summed E-state index contributed by atoms with van der Waals surface area (Å²) in [5.41, 5.74) is -1.58. The highest BCUT2D eigenvalue weighted by Crippen LogP contribution is 2.35. The highest BCUT2D eigenvalue weighted by Gasteiger charge is 2.52. The highest BCUT2D eigenvalue weighted by atomic mass is 19.4. The van der Waals surface area contributed by atoms with Gasteiger partial charge in [0.05, 0.1) is 12.1 Å². The van der Waals surface area contributed by atoms with Gasteiger partial charge in [0.2, 0.25) is 0 Å². The van der Waals surface area contributed by atoms with E-state index in [4.69, 9.17) is 0 Å². The number of aromatic nitrogens is 1. The molecule has 1 aromatic heterocycles. The van der Waals surface area contributed by atoms with Gasteiger partial charge in [-0.25, -0.2) is 4.98 Å². The molecule has 1 unspecified atom stereocenters. The maximum absolute atomic E-state index is 13.1. The van der Waals surface area contributed by atoms with E-state index in [-0.39, 0.29) is 12.8 Å². The van der Waals surface area contributed by atoms with Crippen LogP contribution in [0.15, 0.2) is 30.3 Å². The Balaban J connectivity index is 2.28. The number of rotatable bonds is 6. The van der Waals surface area contributed by atoms with Gasteiger partial charge in [0.15, 0.2) is 5.60 Å². The molecule has 0 radical (unpaired) electrons. The third-order valence-corrected chi connectivity index (χ3v) is 3.75. The van der Waals surface area contributed by atoms with E-state index in [1.54, 1.807) is 44.3 Å². The lowest BCUT2D eigenvalue weighted by molar-refractivity contribution is -0.256. The van der Waals surface area contributed by atoms with Crippen molar-refractivity contribution in [1.29, 1.82) is 0 Å². The van der Waals surface area contributed by atoms with E-state index in [9.17, 15) is 18.3 Å². The minimum Gasteiger partial charge on any atom is -0.381 e. The molecule has 2 rings (SSSR count). The first kappa shape index (κ1) is 17.3. The zero-order chi connectivity index (χ0) is 17.1. The lowest BCUT2D eigenvalue weighted by Gasteiger charge is -2.31. The average Bonchev–Trinajstić information content (AvgIpc) is 2.51. The minimum atomic E-state index is -4.68. The van der Waals surface area contributed by atoms with Gasteiger partial charge in [0.25, 0.3) is 0 Å². The quantitative estimate of drug-likeness (QED) is 0.756. The Bertz CT molecular complexity index is 675. The van der Waals surface area contributed by atoms with E-state index in [1.807, 2.05) is 0 Å². The fourth-order valence-electron chi connectivity index (χ4n) is 2.43. The summed E-state index contributed by atoms with van der Waals surface area (Å²) in [5.74, 6) is 0.674. The van der Waals surface area contributed by atoms with E-state index >= 15 is 0 Å². The van der Waals surface area contributed by atoms with Crippen LogP contribution in [-0.2, 0) is 0 Å². The Morgan fingerprint density at radius 2 is 1.91 bits per heavy atom. The van der Waals surface area contributed by atoms with Gasteiger partial charge in [-0.1, -0.05) is 19.4 Å². The lowest BCUT2D eigenvalue weighted by Crippen LogP contribution is -2.50. The molecular weight excluding hydrogens is 307 g/mol. The van der Waals surface area contributed by atoms with Crippen LogP contribution in [0.3, 0.4) is 0 Å². The van der Waals surface area contributed by atoms with Crippen molar-refractivity contribution in [2.24, 2.45) is 0 Å². The molecule has 1 heterocycles. The van der Waals surface area contributed by atoms with E-state index in [0.717, 1.165) is 0 Å². The monoisotopic (exact) mass is 327 g/mol. The number of benzene rings is 1. The van der Waals surface area contributed by atoms with Gasteiger partial charge in [0.1, 0.15) is 5.82 Å². The predicted molar refractivity (Wildman–Crippen MR) is 85.7 cm³/mol. The maximum atomic E-state index is 13.1. The molecule has 0 aliphatic rings. The van der Waals surface area contributed by atoms with Gasteiger partial charge in [-0.15, -0.1) is 0 Å². The fourth-order valence-corrected chi connectivity index (χ4v) is 2.43. The summed E-state index contributed by atoms with van der Waals surface area (Å²) in [6, 6.07) is 8.69. The summed E-state index contributed by atoms with van der Waals surface area (Å²) in [6.45, 7) is 1.01. The molecule has 0 aliphatic heterocycles. The molecule has 1 atom stereocenters. The van der Waals surface area contributed by atoms with Crippen LogP contribution in [0.4, 0.5) is 24.7 Å². The van der Waals surface area contributed by atoms with Gasteiger partial charge in [-0.05, 0) is 30.7 Å². The summed E-state index contributed by atoms with van der Waals surface area (Å²) in [5, 5.41) is 16.3. The van der Waals surface area contributed by atoms with Gasteiger partial charge in [-0.3, -0.25) is 0 Å². The van der Waals surface area contributed by atoms with Crippen LogP contribution in [0.2, 0.25) is 0 Å². The van der Waals surface area contributed by atoms with Crippen molar-refractivity contribution >= 4 is 22.4 Å². The number of anilines is 2. The van der Waals surface area contributed by atoms with Crippen LogP contribution >= 0.6 is 0 Å². The van der Waals surface area contributed by atoms with Crippen molar-refractivity contribution in [3.63, 3.8) is 0 Å². The number of hydrogen-bond donors (Lipinski definition) is 3. The van der Waals surface area contributed by atoms with Crippen molar-refractivity contribution < 1.29 is 18.3 Å². The zero-order valence-corrected chi connectivity index (χ0v) is 13.0. The second-order valence-corrected chi connectivity index (χ2v) is 5.45. The van der Waals surface area contributed by atoms with Crippen LogP contribution in [0, 0.1) is 0 Å². The zero-order valence-electron chi connectivity index (χ0n) is 13.0. The number of pyridine rings is 1. The fraction of sp³-hybridized carbons (Fsp3) is 0.438. The molecule has 0 bridgehead atoms.